The van der Waals surface area contributed by atoms with Crippen LogP contribution in [0, 0.1) is 0 Å². The summed E-state index contributed by atoms with van der Waals surface area (Å²) in [6.07, 6.45) is 2.41. The fraction of sp³-hybridized carbons (Fsp3) is 0.688. The number of piperidine rings is 1. The van der Waals surface area contributed by atoms with Crippen molar-refractivity contribution < 1.29 is 4.74 Å². The first-order valence-electron chi connectivity index (χ1n) is 7.45. The lowest BCUT2D eigenvalue weighted by molar-refractivity contribution is 0.109. The Balaban J connectivity index is 2.14. The van der Waals surface area contributed by atoms with Crippen LogP contribution in [0.5, 0.6) is 5.88 Å². The van der Waals surface area contributed by atoms with Gasteiger partial charge in [0.05, 0.1) is 5.69 Å². The molecule has 1 saturated heterocycles. The third-order valence-electron chi connectivity index (χ3n) is 3.82. The van der Waals surface area contributed by atoms with Crippen molar-refractivity contribution >= 4 is 0 Å². The van der Waals surface area contributed by atoms with Crippen LogP contribution in [0.2, 0.25) is 0 Å². The second kappa shape index (κ2) is 6.10. The molecule has 2 heterocycles. The molecule has 20 heavy (non-hydrogen) atoms. The molecule has 2 N–H and O–H groups in total. The SMILES string of the molecule is CN1CCC(Oc2cc(CN)cc(C(C)(C)C)n2)CC1. The Morgan fingerprint density at radius 1 is 1.30 bits per heavy atom. The predicted octanol–water partition coefficient (Wildman–Crippen LogP) is 2.31. The summed E-state index contributed by atoms with van der Waals surface area (Å²) in [5.74, 6) is 0.729. The number of hydrogen-bond acceptors (Lipinski definition) is 4. The number of nitrogens with zero attached hydrogens (tertiary/aromatic N) is 2. The molecule has 1 fully saturated rings. The molecule has 1 aliphatic heterocycles. The lowest BCUT2D eigenvalue weighted by Crippen LogP contribution is -2.35. The number of hydrogen-bond donors (Lipinski definition) is 1. The predicted molar refractivity (Wildman–Crippen MR) is 82.0 cm³/mol. The zero-order chi connectivity index (χ0) is 14.8. The van der Waals surface area contributed by atoms with E-state index in [1.54, 1.807) is 0 Å². The molecule has 4 nitrogen and oxygen atoms in total. The van der Waals surface area contributed by atoms with Crippen molar-refractivity contribution in [3.05, 3.63) is 23.4 Å². The largest absolute Gasteiger partial charge is 0.474 e. The van der Waals surface area contributed by atoms with Crippen LogP contribution < -0.4 is 10.5 Å². The Hall–Kier alpha value is -1.13. The Morgan fingerprint density at radius 3 is 2.50 bits per heavy atom. The third-order valence-corrected chi connectivity index (χ3v) is 3.82. The van der Waals surface area contributed by atoms with Crippen LogP contribution in [-0.4, -0.2) is 36.1 Å². The summed E-state index contributed by atoms with van der Waals surface area (Å²) in [7, 11) is 2.15. The minimum atomic E-state index is 0.00999. The minimum Gasteiger partial charge on any atom is -0.474 e. The van der Waals surface area contributed by atoms with Crippen LogP contribution in [0.15, 0.2) is 12.1 Å². The molecule has 4 heteroatoms. The summed E-state index contributed by atoms with van der Waals surface area (Å²) < 4.78 is 6.09. The molecule has 0 atom stereocenters. The van der Waals surface area contributed by atoms with E-state index in [1.807, 2.05) is 6.07 Å². The first-order valence-corrected chi connectivity index (χ1v) is 7.45. The number of rotatable bonds is 3. The molecule has 0 aliphatic carbocycles. The molecule has 112 valence electrons. The van der Waals surface area contributed by atoms with Crippen LogP contribution in [0.1, 0.15) is 44.9 Å². The second-order valence-electron chi connectivity index (χ2n) is 6.77. The molecule has 2 rings (SSSR count). The van der Waals surface area contributed by atoms with E-state index < -0.39 is 0 Å². The standard InChI is InChI=1S/C16H27N3O/c1-16(2,3)14-9-12(11-17)10-15(18-14)20-13-5-7-19(4)8-6-13/h9-10,13H,5-8,11,17H2,1-4H3. The summed E-state index contributed by atoms with van der Waals surface area (Å²) in [5, 5.41) is 0. The van der Waals surface area contributed by atoms with Crippen molar-refractivity contribution in [2.24, 2.45) is 5.73 Å². The maximum Gasteiger partial charge on any atom is 0.214 e. The summed E-state index contributed by atoms with van der Waals surface area (Å²) >= 11 is 0. The molecule has 0 spiro atoms. The number of pyridine rings is 1. The smallest absolute Gasteiger partial charge is 0.214 e. The molecular formula is C16H27N3O. The lowest BCUT2D eigenvalue weighted by atomic mass is 9.91. The molecule has 1 aromatic heterocycles. The zero-order valence-corrected chi connectivity index (χ0v) is 13.1. The number of ether oxygens (including phenoxy) is 1. The van der Waals surface area contributed by atoms with Crippen LogP contribution in [0.25, 0.3) is 0 Å². The van der Waals surface area contributed by atoms with Crippen molar-refractivity contribution in [3.8, 4) is 5.88 Å². The first kappa shape index (κ1) is 15.3. The summed E-state index contributed by atoms with van der Waals surface area (Å²) in [6, 6.07) is 4.06. The van der Waals surface area contributed by atoms with E-state index in [1.165, 1.54) is 0 Å². The minimum absolute atomic E-state index is 0.00999. The Labute approximate surface area is 122 Å². The van der Waals surface area contributed by atoms with E-state index in [2.05, 4.69) is 43.8 Å². The van der Waals surface area contributed by atoms with Gasteiger partial charge in [0.2, 0.25) is 5.88 Å². The van der Waals surface area contributed by atoms with Gasteiger partial charge in [-0.3, -0.25) is 0 Å². The summed E-state index contributed by atoms with van der Waals surface area (Å²) in [4.78, 5) is 7.01. The van der Waals surface area contributed by atoms with Crippen LogP contribution in [0.4, 0.5) is 0 Å². The van der Waals surface area contributed by atoms with Gasteiger partial charge in [0.25, 0.3) is 0 Å². The van der Waals surface area contributed by atoms with Gasteiger partial charge in [-0.2, -0.15) is 0 Å². The molecular weight excluding hydrogens is 250 g/mol. The Morgan fingerprint density at radius 2 is 1.95 bits per heavy atom. The molecule has 0 unspecified atom stereocenters. The zero-order valence-electron chi connectivity index (χ0n) is 13.1. The fourth-order valence-electron chi connectivity index (χ4n) is 2.40. The van der Waals surface area contributed by atoms with Crippen LogP contribution in [-0.2, 0) is 12.0 Å². The van der Waals surface area contributed by atoms with Gasteiger partial charge < -0.3 is 15.4 Å². The Kier molecular flexibility index (Phi) is 4.66. The van der Waals surface area contributed by atoms with Gasteiger partial charge in [0, 0.05) is 31.1 Å². The van der Waals surface area contributed by atoms with E-state index in [0.717, 1.165) is 43.1 Å². The van der Waals surface area contributed by atoms with E-state index in [4.69, 9.17) is 10.5 Å². The average Bonchev–Trinajstić information content (AvgIpc) is 2.40. The molecule has 0 aromatic carbocycles. The monoisotopic (exact) mass is 277 g/mol. The third kappa shape index (κ3) is 3.93. The van der Waals surface area contributed by atoms with Crippen LogP contribution >= 0.6 is 0 Å². The number of aromatic nitrogens is 1. The van der Waals surface area contributed by atoms with Gasteiger partial charge in [-0.1, -0.05) is 20.8 Å². The lowest BCUT2D eigenvalue weighted by Gasteiger charge is -2.29. The highest BCUT2D eigenvalue weighted by Crippen LogP contribution is 2.25. The molecule has 0 bridgehead atoms. The van der Waals surface area contributed by atoms with E-state index >= 15 is 0 Å². The highest BCUT2D eigenvalue weighted by atomic mass is 16.5. The summed E-state index contributed by atoms with van der Waals surface area (Å²) in [6.45, 7) is 9.19. The average molecular weight is 277 g/mol. The molecule has 1 aliphatic rings. The second-order valence-corrected chi connectivity index (χ2v) is 6.77. The Bertz CT molecular complexity index is 446. The normalized spacial score (nSPS) is 18.2. The number of likely N-dealkylation sites (tertiary alicyclic amines) is 1. The van der Waals surface area contributed by atoms with Crippen molar-refractivity contribution in [2.75, 3.05) is 20.1 Å². The molecule has 0 radical (unpaired) electrons. The molecule has 1 aromatic rings. The van der Waals surface area contributed by atoms with Crippen LogP contribution in [0.3, 0.4) is 0 Å². The van der Waals surface area contributed by atoms with Crippen molar-refractivity contribution in [1.29, 1.82) is 0 Å². The number of nitrogens with two attached hydrogens (primary N) is 1. The van der Waals surface area contributed by atoms with Gasteiger partial charge in [0.1, 0.15) is 6.10 Å². The van der Waals surface area contributed by atoms with Crippen molar-refractivity contribution in [2.45, 2.75) is 51.7 Å². The van der Waals surface area contributed by atoms with E-state index in [-0.39, 0.29) is 11.5 Å². The van der Waals surface area contributed by atoms with Gasteiger partial charge in [0.15, 0.2) is 0 Å². The van der Waals surface area contributed by atoms with Gasteiger partial charge in [-0.15, -0.1) is 0 Å². The van der Waals surface area contributed by atoms with Gasteiger partial charge in [-0.25, -0.2) is 4.98 Å². The van der Waals surface area contributed by atoms with E-state index in [9.17, 15) is 0 Å². The van der Waals surface area contributed by atoms with Gasteiger partial charge >= 0.3 is 0 Å². The van der Waals surface area contributed by atoms with Crippen molar-refractivity contribution in [1.82, 2.24) is 9.88 Å². The topological polar surface area (TPSA) is 51.4 Å². The molecule has 0 amide bonds. The highest BCUT2D eigenvalue weighted by Gasteiger charge is 2.21. The summed E-state index contributed by atoms with van der Waals surface area (Å²) in [5.41, 5.74) is 7.94. The molecule has 0 saturated carbocycles. The first-order chi connectivity index (χ1) is 9.38. The van der Waals surface area contributed by atoms with Gasteiger partial charge in [-0.05, 0) is 31.5 Å². The fourth-order valence-corrected chi connectivity index (χ4v) is 2.40. The highest BCUT2D eigenvalue weighted by molar-refractivity contribution is 5.28. The maximum atomic E-state index is 6.09. The quantitative estimate of drug-likeness (QED) is 0.921. The van der Waals surface area contributed by atoms with Crippen molar-refractivity contribution in [3.63, 3.8) is 0 Å². The van der Waals surface area contributed by atoms with E-state index in [0.29, 0.717) is 6.54 Å². The maximum absolute atomic E-state index is 6.09.